The molecule has 2 unspecified atom stereocenters. The molecule has 2 heterocycles. The van der Waals surface area contributed by atoms with Crippen molar-refractivity contribution in [1.82, 2.24) is 68.5 Å². The molecule has 0 bridgehead atoms. The van der Waals surface area contributed by atoms with Crippen LogP contribution in [0.2, 0.25) is 0 Å². The molecule has 5 aromatic carbocycles. The van der Waals surface area contributed by atoms with Gasteiger partial charge in [-0.2, -0.15) is 25.3 Å². The van der Waals surface area contributed by atoms with Crippen LogP contribution in [0.25, 0.3) is 21.8 Å². The van der Waals surface area contributed by atoms with Gasteiger partial charge in [0.2, 0.25) is 65.0 Å². The Balaban J connectivity index is 1.18. The summed E-state index contributed by atoms with van der Waals surface area (Å²) in [6.45, 7) is 1.70. The van der Waals surface area contributed by atoms with E-state index in [2.05, 4.69) is 93.7 Å². The molecule has 602 valence electrons. The molecule has 0 aliphatic heterocycles. The number of carbonyl (C=O) groups is 12. The van der Waals surface area contributed by atoms with E-state index in [1.807, 2.05) is 24.3 Å². The van der Waals surface area contributed by atoms with Crippen molar-refractivity contribution in [2.75, 3.05) is 31.2 Å². The van der Waals surface area contributed by atoms with Crippen LogP contribution >= 0.6 is 25.3 Å². The first-order valence-corrected chi connectivity index (χ1v) is 38.2. The fourth-order valence-corrected chi connectivity index (χ4v) is 12.8. The predicted molar refractivity (Wildman–Crippen MR) is 425 cm³/mol. The van der Waals surface area contributed by atoms with Gasteiger partial charge in [-0.05, 0) is 105 Å². The van der Waals surface area contributed by atoms with Crippen LogP contribution in [0.4, 0.5) is 0 Å². The third-order valence-electron chi connectivity index (χ3n) is 18.6. The topological polar surface area (TPSA) is 528 Å². The molecule has 0 fully saturated rings. The number of aliphatic carboxylic acids is 1. The number of H-pyrrole nitrogens is 2. The van der Waals surface area contributed by atoms with Crippen molar-refractivity contribution in [3.8, 4) is 0 Å². The van der Waals surface area contributed by atoms with Crippen molar-refractivity contribution < 1.29 is 78.0 Å². The summed E-state index contributed by atoms with van der Waals surface area (Å²) >= 11 is 8.07. The molecule has 11 amide bonds. The lowest BCUT2D eigenvalue weighted by atomic mass is 9.99. The molecule has 0 spiro atoms. The summed E-state index contributed by atoms with van der Waals surface area (Å²) in [6.07, 6.45) is 0.426. The third kappa shape index (κ3) is 26.8. The number of nitrogens with two attached hydrogens (primary N) is 3. The average molecular weight is 1580 g/mol. The summed E-state index contributed by atoms with van der Waals surface area (Å²) in [4.78, 5) is 178. The second-order valence-electron chi connectivity index (χ2n) is 27.3. The highest BCUT2D eigenvalue weighted by atomic mass is 32.1. The second-order valence-corrected chi connectivity index (χ2v) is 28.0. The number of aromatic nitrogens is 2. The van der Waals surface area contributed by atoms with E-state index < -0.39 is 162 Å². The molecular weight excluding hydrogens is 1480 g/mol. The fourth-order valence-electron chi connectivity index (χ4n) is 12.4. The minimum absolute atomic E-state index is 0.0268. The number of amides is 11. The SMILES string of the molecule is CC(O)[C@H](NC(=O)[C@H](Cc1ccccc1)NC(=O)[C@@H](NC(=O)[C@H](CCCCN)NC(=O)[C@@H](Cc1c[nH]c2ccccc12)NC(=O)[C@H](Cc1ccccc1)NC(=O)[C@H](Cc1ccccc1)NC(=O)[C@H](Cc1c[nH]c2ccccc12)NC(=O)[C@@H](CCCCN)NC(=O)[C@@H](N)CS)C(C)O)C(=O)N[C@@H](CO)C(=O)N[C@@H](CS)C(=O)O. The molecule has 0 saturated carbocycles. The van der Waals surface area contributed by atoms with Crippen molar-refractivity contribution in [3.05, 3.63) is 180 Å². The van der Waals surface area contributed by atoms with Crippen LogP contribution in [0.3, 0.4) is 0 Å². The van der Waals surface area contributed by atoms with E-state index in [4.69, 9.17) is 17.2 Å². The van der Waals surface area contributed by atoms with E-state index in [9.17, 15) is 58.8 Å². The van der Waals surface area contributed by atoms with Gasteiger partial charge in [0, 0.05) is 77.8 Å². The van der Waals surface area contributed by atoms with E-state index >= 15 is 19.2 Å². The van der Waals surface area contributed by atoms with Gasteiger partial charge in [-0.25, -0.2) is 4.79 Å². The number of aliphatic hydroxyl groups is 3. The Morgan fingerprint density at radius 1 is 0.366 bits per heavy atom. The molecule has 2 aromatic heterocycles. The number of carboxylic acids is 1. The van der Waals surface area contributed by atoms with E-state index in [1.165, 1.54) is 6.92 Å². The number of nitrogens with one attached hydrogen (secondary N) is 13. The zero-order valence-electron chi connectivity index (χ0n) is 62.1. The predicted octanol–water partition coefficient (Wildman–Crippen LogP) is -1.22. The number of carbonyl (C=O) groups excluding carboxylic acids is 11. The number of carboxylic acid groups (broad SMARTS) is 1. The number of rotatable bonds is 46. The molecule has 0 aliphatic carbocycles. The lowest BCUT2D eigenvalue weighted by molar-refractivity contribution is -0.142. The largest absolute Gasteiger partial charge is 0.480 e. The number of benzene rings is 5. The second kappa shape index (κ2) is 45.0. The normalized spacial score (nSPS) is 15.1. The van der Waals surface area contributed by atoms with Gasteiger partial charge >= 0.3 is 5.97 Å². The maximum absolute atomic E-state index is 15.5. The highest BCUT2D eigenvalue weighted by Crippen LogP contribution is 2.23. The zero-order valence-corrected chi connectivity index (χ0v) is 63.9. The molecule has 112 heavy (non-hydrogen) atoms. The number of hydrogen-bond donors (Lipinski definition) is 22. The van der Waals surface area contributed by atoms with Crippen molar-refractivity contribution in [2.24, 2.45) is 17.2 Å². The molecule has 0 saturated heterocycles. The monoisotopic (exact) mass is 1580 g/mol. The number of thiol groups is 2. The average Bonchev–Trinajstić information content (AvgIpc) is 1.69. The third-order valence-corrected chi connectivity index (χ3v) is 19.4. The number of unbranched alkanes of at least 4 members (excludes halogenated alkanes) is 2. The van der Waals surface area contributed by atoms with E-state index in [-0.39, 0.29) is 69.4 Å². The van der Waals surface area contributed by atoms with Crippen LogP contribution in [-0.2, 0) is 89.6 Å². The molecule has 0 aliphatic rings. The summed E-state index contributed by atoms with van der Waals surface area (Å²) in [5.74, 6) is -12.3. The van der Waals surface area contributed by atoms with E-state index in [0.717, 1.165) is 17.8 Å². The maximum atomic E-state index is 15.5. The number of aliphatic hydroxyl groups excluding tert-OH is 3. The molecular formula is C78H102N16O16S2. The minimum atomic E-state index is -1.88. The van der Waals surface area contributed by atoms with Crippen LogP contribution in [0.5, 0.6) is 0 Å². The van der Waals surface area contributed by atoms with Crippen LogP contribution in [0.1, 0.15) is 80.2 Å². The Morgan fingerprint density at radius 3 is 1.01 bits per heavy atom. The molecule has 23 N–H and O–H groups in total. The summed E-state index contributed by atoms with van der Waals surface area (Å²) < 4.78 is 0. The first-order valence-electron chi connectivity index (χ1n) is 36.9. The van der Waals surface area contributed by atoms with Crippen molar-refractivity contribution in [1.29, 1.82) is 0 Å². The molecule has 14 atom stereocenters. The van der Waals surface area contributed by atoms with Crippen LogP contribution in [0, 0.1) is 0 Å². The zero-order chi connectivity index (χ0) is 81.4. The Morgan fingerprint density at radius 2 is 0.661 bits per heavy atom. The van der Waals surface area contributed by atoms with E-state index in [1.54, 1.807) is 128 Å². The summed E-state index contributed by atoms with van der Waals surface area (Å²) in [6, 6.07) is 21.5. The van der Waals surface area contributed by atoms with Crippen molar-refractivity contribution in [3.63, 3.8) is 0 Å². The van der Waals surface area contributed by atoms with Crippen LogP contribution in [-0.4, -0.2) is 217 Å². The maximum Gasteiger partial charge on any atom is 0.327 e. The Labute approximate surface area is 658 Å². The number of para-hydroxylation sites is 2. The molecule has 34 heteroatoms. The van der Waals surface area contributed by atoms with Gasteiger partial charge in [0.05, 0.1) is 24.9 Å². The number of hydrogen-bond acceptors (Lipinski definition) is 20. The highest BCUT2D eigenvalue weighted by molar-refractivity contribution is 7.80. The quantitative estimate of drug-likeness (QED) is 0.0157. The molecule has 7 aromatic rings. The van der Waals surface area contributed by atoms with Gasteiger partial charge in [0.25, 0.3) is 0 Å². The molecule has 32 nitrogen and oxygen atoms in total. The van der Waals surface area contributed by atoms with Gasteiger partial charge in [-0.1, -0.05) is 127 Å². The molecule has 0 radical (unpaired) electrons. The van der Waals surface area contributed by atoms with Gasteiger partial charge in [0.15, 0.2) is 0 Å². The Kier molecular flexibility index (Phi) is 35.5. The van der Waals surface area contributed by atoms with Gasteiger partial charge in [0.1, 0.15) is 66.5 Å². The number of aromatic amines is 2. The minimum Gasteiger partial charge on any atom is -0.480 e. The smallest absolute Gasteiger partial charge is 0.327 e. The van der Waals surface area contributed by atoms with Gasteiger partial charge < -0.3 is 106 Å². The first-order chi connectivity index (χ1) is 53.7. The van der Waals surface area contributed by atoms with Crippen LogP contribution < -0.4 is 75.7 Å². The standard InChI is InChI=1S/C78H102N16O16S2/c1-44(96)65(76(107)90-60(36-48-24-10-5-11-25-48)74(105)94-66(45(2)97)77(108)91-63(41-95)75(106)92-64(43-112)78(109)110)93-69(100)57(31-17-19-33-80)85-72(103)61(37-49-39-82-54-28-14-12-26-51(49)54)89-71(102)59(35-47-22-8-4-9-23-47)86-70(101)58(34-46-20-6-3-7-21-46)87-73(104)62(38-50-40-83-55-29-15-13-27-52(50)55)88-68(99)56(30-16-18-32-79)84-67(98)53(81)42-111/h3-15,20-29,39-40,44-45,53,56-66,82-83,95-97,111-112H,16-19,30-38,41-43,79-81H2,1-2H3,(H,84,98)(H,85,103)(H,86,101)(H,87,104)(H,88,99)(H,89,102)(H,90,107)(H,91,108)(H,92,106)(H,93,100)(H,94,105)(H,109,110)/t44?,45?,53-,56+,57-,58-,59-,60-,61+,62-,63-,64-,65-,66-/m0/s1. The Bertz CT molecular complexity index is 4290. The Hall–Kier alpha value is -10.7. The number of fused-ring (bicyclic) bond motifs is 2. The summed E-state index contributed by atoms with van der Waals surface area (Å²) in [5, 5.41) is 71.6. The van der Waals surface area contributed by atoms with E-state index in [0.29, 0.717) is 64.5 Å². The summed E-state index contributed by atoms with van der Waals surface area (Å²) in [7, 11) is 0. The van der Waals surface area contributed by atoms with Crippen molar-refractivity contribution in [2.45, 2.75) is 169 Å². The lowest BCUT2D eigenvalue weighted by Crippen LogP contribution is -2.63. The summed E-state index contributed by atoms with van der Waals surface area (Å²) in [5.41, 5.74) is 21.9. The highest BCUT2D eigenvalue weighted by Gasteiger charge is 2.39. The van der Waals surface area contributed by atoms with Gasteiger partial charge in [-0.15, -0.1) is 0 Å². The lowest BCUT2D eigenvalue weighted by Gasteiger charge is -2.29. The van der Waals surface area contributed by atoms with Crippen LogP contribution in [0.15, 0.2) is 152 Å². The first kappa shape index (κ1) is 88.5. The van der Waals surface area contributed by atoms with Gasteiger partial charge in [-0.3, -0.25) is 52.7 Å². The fraction of sp³-hybridized carbons (Fsp3) is 0.410. The molecule has 7 rings (SSSR count). The van der Waals surface area contributed by atoms with Crippen molar-refractivity contribution >= 4 is 118 Å².